The molecule has 56 heavy (non-hydrogen) atoms. The van der Waals surface area contributed by atoms with Gasteiger partial charge in [-0.2, -0.15) is 0 Å². The van der Waals surface area contributed by atoms with Gasteiger partial charge in [-0.05, 0) is 6.92 Å². The lowest BCUT2D eigenvalue weighted by Crippen LogP contribution is -2.50. The smallest absolute Gasteiger partial charge is 0.314 e. The van der Waals surface area contributed by atoms with Crippen LogP contribution in [0.4, 0.5) is 4.79 Å². The molecule has 0 bridgehead atoms. The summed E-state index contributed by atoms with van der Waals surface area (Å²) in [6.07, 6.45) is -6.25. The fourth-order valence-electron chi connectivity index (χ4n) is 3.92. The van der Waals surface area contributed by atoms with E-state index in [4.69, 9.17) is 61.9 Å². The summed E-state index contributed by atoms with van der Waals surface area (Å²) in [6, 6.07) is -0.621. The molecule has 0 aromatic heterocycles. The van der Waals surface area contributed by atoms with Gasteiger partial charge in [0.1, 0.15) is 24.1 Å². The molecular formula is C35H70N2O19. The molecule has 0 aromatic rings. The number of aliphatic hydroxyl groups is 5. The predicted molar refractivity (Wildman–Crippen MR) is 198 cm³/mol. The summed E-state index contributed by atoms with van der Waals surface area (Å²) in [5, 5.41) is 51.9. The number of rotatable bonds is 45. The second-order valence-electron chi connectivity index (χ2n) is 11.7. The Morgan fingerprint density at radius 1 is 0.411 bits per heavy atom. The van der Waals surface area contributed by atoms with Crippen LogP contribution in [0.25, 0.3) is 0 Å². The van der Waals surface area contributed by atoms with Gasteiger partial charge >= 0.3 is 6.03 Å². The van der Waals surface area contributed by atoms with Crippen LogP contribution in [0.15, 0.2) is 0 Å². The van der Waals surface area contributed by atoms with Crippen LogP contribution in [0.2, 0.25) is 0 Å². The van der Waals surface area contributed by atoms with Crippen molar-refractivity contribution in [2.45, 2.75) is 37.8 Å². The van der Waals surface area contributed by atoms with Crippen LogP contribution in [0.3, 0.4) is 0 Å². The number of carbonyl (C=O) groups excluding carboxylic acids is 2. The molecule has 0 aliphatic heterocycles. The van der Waals surface area contributed by atoms with Gasteiger partial charge in [0.25, 0.3) is 0 Å². The number of carbonyl (C=O) groups is 2. The lowest BCUT2D eigenvalue weighted by Gasteiger charge is -2.25. The zero-order valence-electron chi connectivity index (χ0n) is 33.1. The topological polar surface area (TPSA) is 270 Å². The highest BCUT2D eigenvalue weighted by molar-refractivity contribution is 5.75. The summed E-state index contributed by atoms with van der Waals surface area (Å²) in [7, 11) is 0. The van der Waals surface area contributed by atoms with Crippen LogP contribution in [0.5, 0.6) is 0 Å². The number of Topliss-reactive ketones (excluding diaryl/α,β-unsaturated/α-hetero) is 1. The number of ether oxygens (including phenoxy) is 12. The van der Waals surface area contributed by atoms with Crippen molar-refractivity contribution in [2.75, 3.05) is 178 Å². The molecule has 0 aromatic carbocycles. The SMILES string of the molecule is CC(=O)CCOCCOCCOCCOCCOCCOCCOCCOCCOCCOCCOCCOCCNC(=O)NC[C@H](O)[C@@H](O)[C@H](O)[C@H](O)CO. The maximum absolute atomic E-state index is 11.7. The van der Waals surface area contributed by atoms with Crippen molar-refractivity contribution in [3.05, 3.63) is 0 Å². The van der Waals surface area contributed by atoms with Crippen molar-refractivity contribution in [1.82, 2.24) is 10.6 Å². The molecular weight excluding hydrogens is 752 g/mol. The zero-order valence-corrected chi connectivity index (χ0v) is 33.1. The molecule has 7 N–H and O–H groups in total. The van der Waals surface area contributed by atoms with E-state index in [0.29, 0.717) is 158 Å². The molecule has 0 fully saturated rings. The summed E-state index contributed by atoms with van der Waals surface area (Å²) in [5.74, 6) is 0.114. The molecule has 0 radical (unpaired) electrons. The first-order valence-corrected chi connectivity index (χ1v) is 19.1. The average molecular weight is 823 g/mol. The Morgan fingerprint density at radius 3 is 0.964 bits per heavy atom. The molecule has 0 spiro atoms. The Bertz CT molecular complexity index is 853. The summed E-state index contributed by atoms with van der Waals surface area (Å²) < 4.78 is 65.0. The Hall–Kier alpha value is -1.74. The number of nitrogens with one attached hydrogen (secondary N) is 2. The van der Waals surface area contributed by atoms with E-state index in [1.807, 2.05) is 0 Å². The van der Waals surface area contributed by atoms with E-state index in [1.165, 1.54) is 6.92 Å². The van der Waals surface area contributed by atoms with E-state index in [9.17, 15) is 30.0 Å². The number of ketones is 1. The summed E-state index contributed by atoms with van der Waals surface area (Å²) >= 11 is 0. The highest BCUT2D eigenvalue weighted by Crippen LogP contribution is 2.04. The van der Waals surface area contributed by atoms with Crippen molar-refractivity contribution in [2.24, 2.45) is 0 Å². The Kier molecular flexibility index (Phi) is 41.5. The quantitative estimate of drug-likeness (QED) is 0.0300. The van der Waals surface area contributed by atoms with Crippen LogP contribution in [0, 0.1) is 0 Å². The lowest BCUT2D eigenvalue weighted by atomic mass is 10.0. The first kappa shape index (κ1) is 54.3. The highest BCUT2D eigenvalue weighted by Gasteiger charge is 2.30. The molecule has 334 valence electrons. The van der Waals surface area contributed by atoms with Gasteiger partial charge in [-0.1, -0.05) is 0 Å². The molecule has 21 heteroatoms. The molecule has 0 saturated carbocycles. The Morgan fingerprint density at radius 2 is 0.679 bits per heavy atom. The summed E-state index contributed by atoms with van der Waals surface area (Å²) in [5.41, 5.74) is 0. The number of aliphatic hydroxyl groups excluding tert-OH is 5. The van der Waals surface area contributed by atoms with E-state index >= 15 is 0 Å². The van der Waals surface area contributed by atoms with Gasteiger partial charge in [-0.15, -0.1) is 0 Å². The van der Waals surface area contributed by atoms with Crippen LogP contribution < -0.4 is 10.6 Å². The monoisotopic (exact) mass is 822 g/mol. The van der Waals surface area contributed by atoms with Gasteiger partial charge < -0.3 is 93.0 Å². The van der Waals surface area contributed by atoms with Gasteiger partial charge in [0, 0.05) is 19.5 Å². The molecule has 0 aliphatic carbocycles. The van der Waals surface area contributed by atoms with Crippen LogP contribution >= 0.6 is 0 Å². The largest absolute Gasteiger partial charge is 0.394 e. The van der Waals surface area contributed by atoms with Crippen molar-refractivity contribution in [3.8, 4) is 0 Å². The Balaban J connectivity index is 3.21. The maximum Gasteiger partial charge on any atom is 0.314 e. The number of hydrogen-bond donors (Lipinski definition) is 7. The van der Waals surface area contributed by atoms with E-state index in [2.05, 4.69) is 10.6 Å². The molecule has 0 unspecified atom stereocenters. The predicted octanol–water partition coefficient (Wildman–Crippen LogP) is -3.10. The molecule has 21 nitrogen and oxygen atoms in total. The highest BCUT2D eigenvalue weighted by atomic mass is 16.6. The van der Waals surface area contributed by atoms with E-state index < -0.39 is 37.1 Å². The lowest BCUT2D eigenvalue weighted by molar-refractivity contribution is -0.118. The molecule has 0 heterocycles. The van der Waals surface area contributed by atoms with Gasteiger partial charge in [0.2, 0.25) is 0 Å². The minimum atomic E-state index is -1.76. The Labute approximate surface area is 330 Å². The van der Waals surface area contributed by atoms with Crippen molar-refractivity contribution >= 4 is 11.8 Å². The third-order valence-corrected chi connectivity index (χ3v) is 7.02. The van der Waals surface area contributed by atoms with E-state index in [-0.39, 0.29) is 25.5 Å². The third kappa shape index (κ3) is 39.1. The first-order valence-electron chi connectivity index (χ1n) is 19.1. The molecule has 2 amide bonds. The van der Waals surface area contributed by atoms with Crippen LogP contribution in [0.1, 0.15) is 13.3 Å². The number of hydrogen-bond acceptors (Lipinski definition) is 19. The normalized spacial score (nSPS) is 13.8. The summed E-state index contributed by atoms with van der Waals surface area (Å²) in [4.78, 5) is 22.5. The molecule has 4 atom stereocenters. The van der Waals surface area contributed by atoms with Gasteiger partial charge in [-0.25, -0.2) is 4.79 Å². The second kappa shape index (κ2) is 42.9. The van der Waals surface area contributed by atoms with Crippen molar-refractivity contribution in [3.63, 3.8) is 0 Å². The first-order chi connectivity index (χ1) is 27.3. The molecule has 0 rings (SSSR count). The van der Waals surface area contributed by atoms with Crippen LogP contribution in [-0.4, -0.2) is 240 Å². The zero-order chi connectivity index (χ0) is 41.2. The van der Waals surface area contributed by atoms with E-state index in [0.717, 1.165) is 0 Å². The number of amides is 2. The van der Waals surface area contributed by atoms with E-state index in [1.54, 1.807) is 0 Å². The second-order valence-corrected chi connectivity index (χ2v) is 11.7. The third-order valence-electron chi connectivity index (χ3n) is 7.02. The summed E-state index contributed by atoms with van der Waals surface area (Å²) in [6.45, 7) is 11.0. The minimum Gasteiger partial charge on any atom is -0.394 e. The standard InChI is InChI=1S/C35H70N2O19/c1-30(39)2-4-45-6-8-47-10-12-49-14-16-51-18-20-53-22-24-55-26-27-56-25-23-54-21-19-52-17-15-50-13-11-48-9-7-46-5-3-36-35(44)37-28-31(40)33(42)34(43)32(41)29-38/h31-34,38,40-43H,2-29H2,1H3,(H2,36,37,44)/t31-,32+,33+,34+/m0/s1. The maximum atomic E-state index is 11.7. The number of urea groups is 1. The fourth-order valence-corrected chi connectivity index (χ4v) is 3.92. The van der Waals surface area contributed by atoms with Crippen molar-refractivity contribution in [1.29, 1.82) is 0 Å². The van der Waals surface area contributed by atoms with Gasteiger partial charge in [0.15, 0.2) is 0 Å². The fraction of sp³-hybridized carbons (Fsp3) is 0.943. The minimum absolute atomic E-state index is 0.114. The molecule has 0 aliphatic rings. The molecule has 0 saturated heterocycles. The van der Waals surface area contributed by atoms with Gasteiger partial charge in [-0.3, -0.25) is 4.79 Å². The van der Waals surface area contributed by atoms with Gasteiger partial charge in [0.05, 0.1) is 171 Å². The van der Waals surface area contributed by atoms with Crippen LogP contribution in [-0.2, 0) is 61.6 Å². The van der Waals surface area contributed by atoms with Crippen molar-refractivity contribution < 1.29 is 92.0 Å². The average Bonchev–Trinajstić information content (AvgIpc) is 3.19.